The Morgan fingerprint density at radius 2 is 2.20 bits per heavy atom. The van der Waals surface area contributed by atoms with Gasteiger partial charge in [0.1, 0.15) is 12.5 Å². The van der Waals surface area contributed by atoms with Crippen molar-refractivity contribution in [3.63, 3.8) is 0 Å². The monoisotopic (exact) mass is 285 g/mol. The molecular weight excluding hydrogens is 266 g/mol. The van der Waals surface area contributed by atoms with Gasteiger partial charge in [-0.05, 0) is 25.2 Å². The fourth-order valence-electron chi connectivity index (χ4n) is 3.23. The fourth-order valence-corrected chi connectivity index (χ4v) is 3.23. The lowest BCUT2D eigenvalue weighted by molar-refractivity contribution is -0.216. The van der Waals surface area contributed by atoms with Crippen LogP contribution in [0.25, 0.3) is 0 Å². The second-order valence-electron chi connectivity index (χ2n) is 5.36. The number of aldehydes is 1. The highest BCUT2D eigenvalue weighted by Gasteiger charge is 2.46. The van der Waals surface area contributed by atoms with Crippen LogP contribution < -0.4 is 5.43 Å². The van der Waals surface area contributed by atoms with Crippen LogP contribution in [0.2, 0.25) is 0 Å². The maximum Gasteiger partial charge on any atom is 0.305 e. The number of carbonyl (C=O) groups is 3. The summed E-state index contributed by atoms with van der Waals surface area (Å²) in [7, 11) is 0. The first kappa shape index (κ1) is 14.9. The molecule has 20 heavy (non-hydrogen) atoms. The van der Waals surface area contributed by atoms with Gasteiger partial charge in [0.05, 0.1) is 12.5 Å². The van der Waals surface area contributed by atoms with E-state index in [1.807, 2.05) is 0 Å². The number of hydrogen-bond acceptors (Lipinski definition) is 6. The summed E-state index contributed by atoms with van der Waals surface area (Å²) >= 11 is 0. The number of carboxylic acids is 1. The Hall–Kier alpha value is -1.51. The molecule has 2 aliphatic rings. The lowest BCUT2D eigenvalue weighted by atomic mass is 9.89. The van der Waals surface area contributed by atoms with E-state index >= 15 is 0 Å². The highest BCUT2D eigenvalue weighted by molar-refractivity contribution is 5.73. The number of amides is 1. The summed E-state index contributed by atoms with van der Waals surface area (Å²) in [6.07, 6.45) is 3.80. The largest absolute Gasteiger partial charge is 0.481 e. The smallest absolute Gasteiger partial charge is 0.305 e. The van der Waals surface area contributed by atoms with E-state index in [2.05, 4.69) is 5.43 Å². The summed E-state index contributed by atoms with van der Waals surface area (Å²) in [6.45, 7) is 0. The molecule has 8 heteroatoms. The van der Waals surface area contributed by atoms with Crippen molar-refractivity contribution in [3.05, 3.63) is 0 Å². The van der Waals surface area contributed by atoms with Gasteiger partial charge in [-0.25, -0.2) is 5.43 Å². The van der Waals surface area contributed by atoms with Gasteiger partial charge in [-0.3, -0.25) is 14.8 Å². The lowest BCUT2D eigenvalue weighted by Gasteiger charge is -2.33. The van der Waals surface area contributed by atoms with Gasteiger partial charge in [0.25, 0.3) is 0 Å². The van der Waals surface area contributed by atoms with Gasteiger partial charge in [0, 0.05) is 6.04 Å². The molecule has 2 bridgehead atoms. The Balaban J connectivity index is 2.03. The summed E-state index contributed by atoms with van der Waals surface area (Å²) in [5.41, 5.74) is 2.46. The van der Waals surface area contributed by atoms with Crippen LogP contribution >= 0.6 is 0 Å². The zero-order chi connectivity index (χ0) is 14.7. The molecule has 0 aromatic carbocycles. The van der Waals surface area contributed by atoms with Crippen molar-refractivity contribution >= 4 is 18.7 Å². The van der Waals surface area contributed by atoms with Gasteiger partial charge in [0.2, 0.25) is 6.41 Å². The van der Waals surface area contributed by atoms with Crippen molar-refractivity contribution in [2.45, 2.75) is 50.4 Å². The van der Waals surface area contributed by atoms with Crippen LogP contribution in [0.15, 0.2) is 0 Å². The zero-order valence-corrected chi connectivity index (χ0v) is 11.0. The average molecular weight is 285 g/mol. The third-order valence-electron chi connectivity index (χ3n) is 4.07. The minimum atomic E-state index is -1.14. The minimum Gasteiger partial charge on any atom is -0.481 e. The Kier molecular flexibility index (Phi) is 4.69. The number of carbonyl (C=O) groups excluding carboxylic acids is 2. The molecular formula is C12H19N3O5. The Morgan fingerprint density at radius 1 is 1.45 bits per heavy atom. The van der Waals surface area contributed by atoms with Gasteiger partial charge in [-0.2, -0.15) is 0 Å². The van der Waals surface area contributed by atoms with E-state index < -0.39 is 24.6 Å². The number of hydroxylamine groups is 1. The average Bonchev–Trinajstić information content (AvgIpc) is 2.67. The maximum atomic E-state index is 11.2. The predicted molar refractivity (Wildman–Crippen MR) is 66.3 cm³/mol. The number of rotatable bonds is 7. The number of hydrogen-bond donors (Lipinski definition) is 3. The summed E-state index contributed by atoms with van der Waals surface area (Å²) < 4.78 is 0. The van der Waals surface area contributed by atoms with Crippen LogP contribution in [0.3, 0.4) is 0 Å². The third-order valence-corrected chi connectivity index (χ3v) is 4.07. The SMILES string of the molecule is O=C[C@H](CC(=O)O)NN(O)[C@@H]1[C@H]2CCC[C@H](C2)N1C=O. The molecule has 1 heterocycles. The molecule has 0 unspecified atom stereocenters. The normalized spacial score (nSPS) is 30.3. The number of nitrogens with one attached hydrogen (secondary N) is 1. The summed E-state index contributed by atoms with van der Waals surface area (Å²) in [4.78, 5) is 34.2. The van der Waals surface area contributed by atoms with Crippen molar-refractivity contribution in [1.29, 1.82) is 0 Å². The minimum absolute atomic E-state index is 0.113. The van der Waals surface area contributed by atoms with Crippen molar-refractivity contribution in [1.82, 2.24) is 15.5 Å². The quantitative estimate of drug-likeness (QED) is 0.430. The van der Waals surface area contributed by atoms with Gasteiger partial charge in [-0.1, -0.05) is 6.42 Å². The first-order chi connectivity index (χ1) is 9.56. The molecule has 3 N–H and O–H groups in total. The molecule has 1 saturated carbocycles. The molecule has 0 radical (unpaired) electrons. The van der Waals surface area contributed by atoms with Gasteiger partial charge in [0.15, 0.2) is 0 Å². The molecule has 1 saturated heterocycles. The van der Waals surface area contributed by atoms with Gasteiger partial charge >= 0.3 is 5.97 Å². The Morgan fingerprint density at radius 3 is 2.80 bits per heavy atom. The van der Waals surface area contributed by atoms with E-state index in [9.17, 15) is 19.6 Å². The number of nitrogens with zero attached hydrogens (tertiary/aromatic N) is 2. The number of carboxylic acid groups (broad SMARTS) is 1. The zero-order valence-electron chi connectivity index (χ0n) is 11.0. The molecule has 0 aromatic rings. The summed E-state index contributed by atoms with van der Waals surface area (Å²) in [5.74, 6) is -1.01. The van der Waals surface area contributed by atoms with Crippen LogP contribution in [0.1, 0.15) is 32.1 Å². The molecule has 1 aliphatic heterocycles. The van der Waals surface area contributed by atoms with E-state index in [0.717, 1.165) is 30.9 Å². The van der Waals surface area contributed by atoms with E-state index in [0.29, 0.717) is 12.7 Å². The molecule has 2 fully saturated rings. The topological polar surface area (TPSA) is 110 Å². The second-order valence-corrected chi connectivity index (χ2v) is 5.36. The highest BCUT2D eigenvalue weighted by Crippen LogP contribution is 2.39. The van der Waals surface area contributed by atoms with Crippen LogP contribution in [-0.2, 0) is 14.4 Å². The van der Waals surface area contributed by atoms with Crippen molar-refractivity contribution in [2.24, 2.45) is 5.92 Å². The summed E-state index contributed by atoms with van der Waals surface area (Å²) in [6, 6.07) is -0.909. The number of fused-ring (bicyclic) bond motifs is 2. The molecule has 1 aliphatic carbocycles. The molecule has 4 atom stereocenters. The lowest BCUT2D eigenvalue weighted by Crippen LogP contribution is -2.56. The number of hydrazine groups is 1. The molecule has 112 valence electrons. The Labute approximate surface area is 116 Å². The predicted octanol–water partition coefficient (Wildman–Crippen LogP) is -0.419. The maximum absolute atomic E-state index is 11.2. The highest BCUT2D eigenvalue weighted by atomic mass is 16.5. The summed E-state index contributed by atoms with van der Waals surface area (Å²) in [5, 5.41) is 19.5. The van der Waals surface area contributed by atoms with Gasteiger partial charge in [-0.15, -0.1) is 5.17 Å². The van der Waals surface area contributed by atoms with E-state index in [4.69, 9.17) is 5.11 Å². The molecule has 0 aromatic heterocycles. The molecule has 2 rings (SSSR count). The first-order valence-corrected chi connectivity index (χ1v) is 6.71. The number of aliphatic carboxylic acids is 1. The van der Waals surface area contributed by atoms with Crippen molar-refractivity contribution in [2.75, 3.05) is 0 Å². The van der Waals surface area contributed by atoms with Crippen LogP contribution in [0.5, 0.6) is 0 Å². The first-order valence-electron chi connectivity index (χ1n) is 6.71. The van der Waals surface area contributed by atoms with E-state index in [1.165, 1.54) is 0 Å². The third kappa shape index (κ3) is 2.97. The fraction of sp³-hybridized carbons (Fsp3) is 0.750. The van der Waals surface area contributed by atoms with Crippen molar-refractivity contribution in [3.8, 4) is 0 Å². The Bertz CT molecular complexity index is 391. The van der Waals surface area contributed by atoms with Crippen LogP contribution in [-0.4, -0.2) is 57.3 Å². The van der Waals surface area contributed by atoms with E-state index in [-0.39, 0.29) is 12.0 Å². The van der Waals surface area contributed by atoms with Gasteiger partial charge < -0.3 is 14.8 Å². The van der Waals surface area contributed by atoms with E-state index in [1.54, 1.807) is 4.90 Å². The molecule has 0 spiro atoms. The van der Waals surface area contributed by atoms with Crippen molar-refractivity contribution < 1.29 is 24.7 Å². The van der Waals surface area contributed by atoms with Crippen LogP contribution in [0, 0.1) is 5.92 Å². The molecule has 8 nitrogen and oxygen atoms in total. The van der Waals surface area contributed by atoms with Crippen LogP contribution in [0.4, 0.5) is 0 Å². The second kappa shape index (κ2) is 6.29. The molecule has 1 amide bonds. The number of likely N-dealkylation sites (tertiary alicyclic amines) is 1. The standard InChI is InChI=1S/C12H19N3O5/c16-6-9(5-11(18)19)13-15(20)12-8-2-1-3-10(4-8)14(12)7-17/h6-10,12-13,20H,1-5H2,(H,18,19)/t8-,9-,10+,12+/m0/s1.